The van der Waals surface area contributed by atoms with Gasteiger partial charge in [0.1, 0.15) is 11.3 Å². The van der Waals surface area contributed by atoms with Crippen molar-refractivity contribution in [2.75, 3.05) is 10.6 Å². The summed E-state index contributed by atoms with van der Waals surface area (Å²) in [4.78, 5) is 35.7. The zero-order chi connectivity index (χ0) is 19.4. The number of thiophene rings is 1. The molecule has 0 saturated heterocycles. The highest BCUT2D eigenvalue weighted by atomic mass is 32.1. The number of carbonyl (C=O) groups is 3. The summed E-state index contributed by atoms with van der Waals surface area (Å²) < 4.78 is 0. The van der Waals surface area contributed by atoms with E-state index in [1.54, 1.807) is 36.4 Å². The van der Waals surface area contributed by atoms with E-state index in [0.717, 1.165) is 6.07 Å². The topological polar surface area (TPSA) is 116 Å². The third kappa shape index (κ3) is 4.31. The van der Waals surface area contributed by atoms with Crippen molar-refractivity contribution in [3.63, 3.8) is 0 Å². The summed E-state index contributed by atoms with van der Waals surface area (Å²) >= 11 is 1.33. The molecule has 0 aliphatic rings. The Hall–Kier alpha value is -3.65. The molecule has 136 valence electrons. The monoisotopic (exact) mass is 382 g/mol. The lowest BCUT2D eigenvalue weighted by Gasteiger charge is -2.08. The van der Waals surface area contributed by atoms with Crippen LogP contribution in [0.3, 0.4) is 0 Å². The van der Waals surface area contributed by atoms with Gasteiger partial charge in [-0.3, -0.25) is 9.59 Å². The summed E-state index contributed by atoms with van der Waals surface area (Å²) in [6, 6.07) is 13.6. The number of benzene rings is 2. The molecule has 0 saturated carbocycles. The Labute approximate surface area is 157 Å². The molecule has 7 nitrogen and oxygen atoms in total. The first-order valence-corrected chi connectivity index (χ1v) is 8.64. The van der Waals surface area contributed by atoms with E-state index in [9.17, 15) is 19.5 Å². The molecule has 1 aromatic heterocycles. The molecule has 4 N–H and O–H groups in total. The maximum atomic E-state index is 12.3. The molecule has 0 bridgehead atoms. The molecule has 3 rings (SSSR count). The van der Waals surface area contributed by atoms with Crippen LogP contribution < -0.4 is 10.6 Å². The second kappa shape index (κ2) is 7.71. The largest absolute Gasteiger partial charge is 0.507 e. The maximum absolute atomic E-state index is 12.3. The maximum Gasteiger partial charge on any atom is 0.339 e. The van der Waals surface area contributed by atoms with Gasteiger partial charge in [-0.15, -0.1) is 11.3 Å². The molecule has 0 radical (unpaired) electrons. The number of carboxylic acid groups (broad SMARTS) is 1. The van der Waals surface area contributed by atoms with Gasteiger partial charge in [0, 0.05) is 23.0 Å². The van der Waals surface area contributed by atoms with Crippen LogP contribution in [0.4, 0.5) is 11.4 Å². The average Bonchev–Trinajstić information content (AvgIpc) is 3.17. The summed E-state index contributed by atoms with van der Waals surface area (Å²) in [5, 5.41) is 25.7. The number of nitrogens with one attached hydrogen (secondary N) is 2. The zero-order valence-corrected chi connectivity index (χ0v) is 14.6. The highest BCUT2D eigenvalue weighted by Gasteiger charge is 2.12. The molecular formula is C19H14N2O5S. The van der Waals surface area contributed by atoms with Gasteiger partial charge in [-0.25, -0.2) is 4.79 Å². The van der Waals surface area contributed by atoms with E-state index in [1.165, 1.54) is 23.5 Å². The number of carbonyl (C=O) groups excluding carboxylic acids is 2. The number of amides is 2. The van der Waals surface area contributed by atoms with Gasteiger partial charge in [-0.05, 0) is 47.8 Å². The minimum Gasteiger partial charge on any atom is -0.507 e. The number of rotatable bonds is 5. The van der Waals surface area contributed by atoms with Crippen molar-refractivity contribution in [2.45, 2.75) is 0 Å². The molecule has 0 aliphatic carbocycles. The lowest BCUT2D eigenvalue weighted by molar-refractivity contribution is 0.0693. The Bertz CT molecular complexity index is 997. The van der Waals surface area contributed by atoms with Crippen molar-refractivity contribution in [1.29, 1.82) is 0 Å². The molecule has 27 heavy (non-hydrogen) atoms. The van der Waals surface area contributed by atoms with E-state index in [4.69, 9.17) is 5.11 Å². The lowest BCUT2D eigenvalue weighted by Crippen LogP contribution is -2.13. The zero-order valence-electron chi connectivity index (χ0n) is 13.8. The number of anilines is 2. The van der Waals surface area contributed by atoms with E-state index in [2.05, 4.69) is 10.6 Å². The van der Waals surface area contributed by atoms with E-state index < -0.39 is 17.6 Å². The van der Waals surface area contributed by atoms with Crippen molar-refractivity contribution >= 4 is 40.5 Å². The van der Waals surface area contributed by atoms with Crippen LogP contribution in [0.1, 0.15) is 30.4 Å². The summed E-state index contributed by atoms with van der Waals surface area (Å²) in [7, 11) is 0. The van der Waals surface area contributed by atoms with Crippen LogP contribution in [-0.4, -0.2) is 28.0 Å². The molecule has 1 heterocycles. The Morgan fingerprint density at radius 2 is 1.52 bits per heavy atom. The fourth-order valence-electron chi connectivity index (χ4n) is 2.30. The number of hydrogen-bond acceptors (Lipinski definition) is 5. The van der Waals surface area contributed by atoms with Crippen molar-refractivity contribution in [2.24, 2.45) is 0 Å². The van der Waals surface area contributed by atoms with Gasteiger partial charge >= 0.3 is 5.97 Å². The van der Waals surface area contributed by atoms with E-state index in [-0.39, 0.29) is 17.2 Å². The van der Waals surface area contributed by atoms with E-state index >= 15 is 0 Å². The number of phenols is 1. The first-order chi connectivity index (χ1) is 12.9. The van der Waals surface area contributed by atoms with Crippen LogP contribution in [0.15, 0.2) is 60.0 Å². The first-order valence-electron chi connectivity index (χ1n) is 7.76. The molecule has 0 atom stereocenters. The van der Waals surface area contributed by atoms with Gasteiger partial charge in [0.25, 0.3) is 11.8 Å². The van der Waals surface area contributed by atoms with Crippen molar-refractivity contribution < 1.29 is 24.6 Å². The predicted molar refractivity (Wildman–Crippen MR) is 102 cm³/mol. The summed E-state index contributed by atoms with van der Waals surface area (Å²) in [5.74, 6) is -2.36. The van der Waals surface area contributed by atoms with Crippen LogP contribution in [0.25, 0.3) is 0 Å². The predicted octanol–water partition coefficient (Wildman–Crippen LogP) is 3.66. The first kappa shape index (κ1) is 18.2. The van der Waals surface area contributed by atoms with Crippen LogP contribution in [0, 0.1) is 0 Å². The number of aromatic carboxylic acids is 1. The SMILES string of the molecule is O=C(Nc1ccc(C(=O)O)c(O)c1)c1ccc(NC(=O)c2cccs2)cc1. The highest BCUT2D eigenvalue weighted by Crippen LogP contribution is 2.22. The molecule has 0 unspecified atom stereocenters. The van der Waals surface area contributed by atoms with Gasteiger partial charge in [0.2, 0.25) is 0 Å². The van der Waals surface area contributed by atoms with Crippen molar-refractivity contribution in [1.82, 2.24) is 0 Å². The van der Waals surface area contributed by atoms with E-state index in [0.29, 0.717) is 16.1 Å². The quantitative estimate of drug-likeness (QED) is 0.537. The van der Waals surface area contributed by atoms with E-state index in [1.807, 2.05) is 5.38 Å². The van der Waals surface area contributed by atoms with Crippen LogP contribution in [0.5, 0.6) is 5.75 Å². The molecule has 8 heteroatoms. The standard InChI is InChI=1S/C19H14N2O5S/c22-15-10-13(7-8-14(15)19(25)26)21-17(23)11-3-5-12(6-4-11)20-18(24)16-2-1-9-27-16/h1-10,22H,(H,20,24)(H,21,23)(H,25,26). The van der Waals surface area contributed by atoms with Gasteiger partial charge in [-0.1, -0.05) is 6.07 Å². The Morgan fingerprint density at radius 1 is 0.852 bits per heavy atom. The smallest absolute Gasteiger partial charge is 0.339 e. The van der Waals surface area contributed by atoms with Crippen LogP contribution in [0.2, 0.25) is 0 Å². The minimum absolute atomic E-state index is 0.226. The Kier molecular flexibility index (Phi) is 5.18. The lowest BCUT2D eigenvalue weighted by atomic mass is 10.1. The van der Waals surface area contributed by atoms with Crippen molar-refractivity contribution in [3.05, 3.63) is 76.0 Å². The van der Waals surface area contributed by atoms with Crippen molar-refractivity contribution in [3.8, 4) is 5.75 Å². The molecular weight excluding hydrogens is 368 g/mol. The molecule has 0 aliphatic heterocycles. The molecule has 2 aromatic carbocycles. The Morgan fingerprint density at radius 3 is 2.11 bits per heavy atom. The molecule has 3 aromatic rings. The summed E-state index contributed by atoms with van der Waals surface area (Å²) in [6.45, 7) is 0. The molecule has 0 fully saturated rings. The van der Waals surface area contributed by atoms with Crippen LogP contribution >= 0.6 is 11.3 Å². The third-order valence-electron chi connectivity index (χ3n) is 3.64. The van der Waals surface area contributed by atoms with Gasteiger partial charge in [-0.2, -0.15) is 0 Å². The van der Waals surface area contributed by atoms with Gasteiger partial charge < -0.3 is 20.8 Å². The third-order valence-corrected chi connectivity index (χ3v) is 4.50. The minimum atomic E-state index is -1.26. The second-order valence-electron chi connectivity index (χ2n) is 5.50. The number of aromatic hydroxyl groups is 1. The fraction of sp³-hybridized carbons (Fsp3) is 0. The fourth-order valence-corrected chi connectivity index (χ4v) is 2.92. The Balaban J connectivity index is 1.66. The molecule has 2 amide bonds. The normalized spacial score (nSPS) is 10.2. The second-order valence-corrected chi connectivity index (χ2v) is 6.45. The highest BCUT2D eigenvalue weighted by molar-refractivity contribution is 7.12. The summed E-state index contributed by atoms with van der Waals surface area (Å²) in [6.07, 6.45) is 0. The molecule has 0 spiro atoms. The van der Waals surface area contributed by atoms with Crippen LogP contribution in [-0.2, 0) is 0 Å². The average molecular weight is 382 g/mol. The number of carboxylic acids is 1. The van der Waals surface area contributed by atoms with Gasteiger partial charge in [0.15, 0.2) is 0 Å². The number of hydrogen-bond donors (Lipinski definition) is 4. The summed E-state index contributed by atoms with van der Waals surface area (Å²) in [5.41, 5.74) is 0.899. The van der Waals surface area contributed by atoms with Gasteiger partial charge in [0.05, 0.1) is 4.88 Å².